The molecule has 0 aliphatic heterocycles. The Hall–Kier alpha value is -2.81. The van der Waals surface area contributed by atoms with E-state index in [1.807, 2.05) is 0 Å². The molecule has 1 aromatic carbocycles. The Morgan fingerprint density at radius 2 is 1.72 bits per heavy atom. The number of nitrogens with zero attached hydrogens (tertiary/aromatic N) is 4. The van der Waals surface area contributed by atoms with Crippen LogP contribution in [0, 0.1) is 26.6 Å². The van der Waals surface area contributed by atoms with E-state index >= 15 is 0 Å². The molecule has 0 atom stereocenters. The molecule has 130 valence electrons. The summed E-state index contributed by atoms with van der Waals surface area (Å²) >= 11 is 0. The van der Waals surface area contributed by atoms with Crippen LogP contribution in [0.2, 0.25) is 0 Å². The van der Waals surface area contributed by atoms with E-state index in [0.29, 0.717) is 5.82 Å². The van der Waals surface area contributed by atoms with E-state index in [1.165, 1.54) is 42.9 Å². The van der Waals surface area contributed by atoms with Crippen LogP contribution in [0.3, 0.4) is 0 Å². The molecule has 0 radical (unpaired) electrons. The van der Waals surface area contributed by atoms with Crippen molar-refractivity contribution in [3.8, 4) is 5.82 Å². The summed E-state index contributed by atoms with van der Waals surface area (Å²) in [6.45, 7) is 4.84. The number of aromatic nitrogens is 4. The molecule has 0 unspecified atom stereocenters. The SMILES string of the molecule is Cc1ccc(-n2nccc2NS(=O)(=O)c2cc(C)c(F)c(C)c2)nn1. The summed E-state index contributed by atoms with van der Waals surface area (Å²) in [5, 5.41) is 12.0. The molecule has 0 saturated carbocycles. The van der Waals surface area contributed by atoms with Crippen molar-refractivity contribution in [2.45, 2.75) is 25.7 Å². The molecular formula is C16H16FN5O2S. The Balaban J connectivity index is 1.98. The third kappa shape index (κ3) is 3.36. The molecule has 0 aliphatic rings. The molecule has 0 saturated heterocycles. The van der Waals surface area contributed by atoms with Gasteiger partial charge in [-0.1, -0.05) is 0 Å². The van der Waals surface area contributed by atoms with E-state index in [-0.39, 0.29) is 21.8 Å². The first-order chi connectivity index (χ1) is 11.8. The van der Waals surface area contributed by atoms with Gasteiger partial charge in [-0.2, -0.15) is 14.9 Å². The van der Waals surface area contributed by atoms with E-state index in [9.17, 15) is 12.8 Å². The zero-order valence-corrected chi connectivity index (χ0v) is 14.7. The van der Waals surface area contributed by atoms with Crippen molar-refractivity contribution < 1.29 is 12.8 Å². The Morgan fingerprint density at radius 1 is 1.04 bits per heavy atom. The van der Waals surface area contributed by atoms with Gasteiger partial charge in [0.1, 0.15) is 11.6 Å². The Bertz CT molecular complexity index is 1010. The molecule has 0 spiro atoms. The lowest BCUT2D eigenvalue weighted by molar-refractivity contribution is 0.595. The van der Waals surface area contributed by atoms with Crippen LogP contribution in [-0.4, -0.2) is 28.4 Å². The first kappa shape index (κ1) is 17.0. The lowest BCUT2D eigenvalue weighted by atomic mass is 10.1. The third-order valence-corrected chi connectivity index (χ3v) is 4.94. The summed E-state index contributed by atoms with van der Waals surface area (Å²) in [6, 6.07) is 7.50. The topological polar surface area (TPSA) is 89.8 Å². The lowest BCUT2D eigenvalue weighted by Crippen LogP contribution is -2.17. The van der Waals surface area contributed by atoms with Gasteiger partial charge in [-0.05, 0) is 56.2 Å². The van der Waals surface area contributed by atoms with Gasteiger partial charge in [-0.3, -0.25) is 4.72 Å². The van der Waals surface area contributed by atoms with Gasteiger partial charge in [0.05, 0.1) is 16.8 Å². The van der Waals surface area contributed by atoms with Crippen LogP contribution >= 0.6 is 0 Å². The van der Waals surface area contributed by atoms with Crippen LogP contribution in [0.25, 0.3) is 5.82 Å². The molecule has 2 heterocycles. The molecule has 9 heteroatoms. The second kappa shape index (κ2) is 6.25. The van der Waals surface area contributed by atoms with Crippen molar-refractivity contribution in [3.63, 3.8) is 0 Å². The van der Waals surface area contributed by atoms with Crippen molar-refractivity contribution >= 4 is 15.8 Å². The average molecular weight is 361 g/mol. The fourth-order valence-electron chi connectivity index (χ4n) is 2.33. The molecule has 7 nitrogen and oxygen atoms in total. The molecule has 0 fully saturated rings. The minimum absolute atomic E-state index is 0.0216. The second-order valence-corrected chi connectivity index (χ2v) is 7.32. The average Bonchev–Trinajstić information content (AvgIpc) is 3.00. The first-order valence-electron chi connectivity index (χ1n) is 7.42. The fraction of sp³-hybridized carbons (Fsp3) is 0.188. The zero-order chi connectivity index (χ0) is 18.2. The second-order valence-electron chi connectivity index (χ2n) is 5.64. The minimum atomic E-state index is -3.91. The molecule has 25 heavy (non-hydrogen) atoms. The summed E-state index contributed by atoms with van der Waals surface area (Å²) in [7, 11) is -3.91. The molecule has 0 amide bonds. The molecule has 3 rings (SSSR count). The smallest absolute Gasteiger partial charge is 0.263 e. The molecule has 3 aromatic rings. The van der Waals surface area contributed by atoms with Crippen LogP contribution in [-0.2, 0) is 10.0 Å². The predicted octanol–water partition coefficient (Wildman–Crippen LogP) is 2.53. The van der Waals surface area contributed by atoms with E-state index in [4.69, 9.17) is 0 Å². The van der Waals surface area contributed by atoms with Gasteiger partial charge in [0, 0.05) is 6.07 Å². The lowest BCUT2D eigenvalue weighted by Gasteiger charge is -2.11. The van der Waals surface area contributed by atoms with E-state index in [0.717, 1.165) is 5.69 Å². The number of halogens is 1. The standard InChI is InChI=1S/C16H16FN5O2S/c1-10-8-13(9-11(2)16(10)17)25(23,24)21-15-6-7-18-22(15)14-5-4-12(3)19-20-14/h4-9,21H,1-3H3. The van der Waals surface area contributed by atoms with Crippen molar-refractivity contribution in [3.05, 3.63) is 59.2 Å². The summed E-state index contributed by atoms with van der Waals surface area (Å²) in [5.74, 6) is 0.163. The summed E-state index contributed by atoms with van der Waals surface area (Å²) in [4.78, 5) is -0.0216. The van der Waals surface area contributed by atoms with Gasteiger partial charge in [0.25, 0.3) is 10.0 Å². The van der Waals surface area contributed by atoms with Gasteiger partial charge in [0.15, 0.2) is 5.82 Å². The van der Waals surface area contributed by atoms with E-state index < -0.39 is 15.8 Å². The Morgan fingerprint density at radius 3 is 2.32 bits per heavy atom. The van der Waals surface area contributed by atoms with Crippen LogP contribution in [0.5, 0.6) is 0 Å². The number of nitrogens with one attached hydrogen (secondary N) is 1. The number of hydrogen-bond donors (Lipinski definition) is 1. The van der Waals surface area contributed by atoms with Crippen molar-refractivity contribution in [2.24, 2.45) is 0 Å². The third-order valence-electron chi connectivity index (χ3n) is 3.60. The highest BCUT2D eigenvalue weighted by molar-refractivity contribution is 7.92. The predicted molar refractivity (Wildman–Crippen MR) is 90.6 cm³/mol. The van der Waals surface area contributed by atoms with Gasteiger partial charge in [0.2, 0.25) is 0 Å². The maximum atomic E-state index is 13.7. The summed E-state index contributed by atoms with van der Waals surface area (Å²) in [5.41, 5.74) is 1.26. The van der Waals surface area contributed by atoms with Crippen LogP contribution in [0.4, 0.5) is 10.2 Å². The van der Waals surface area contributed by atoms with Gasteiger partial charge in [-0.25, -0.2) is 12.8 Å². The minimum Gasteiger partial charge on any atom is -0.263 e. The number of benzene rings is 1. The van der Waals surface area contributed by atoms with Crippen LogP contribution in [0.15, 0.2) is 41.4 Å². The normalized spacial score (nSPS) is 11.5. The number of hydrogen-bond acceptors (Lipinski definition) is 5. The monoisotopic (exact) mass is 361 g/mol. The molecule has 0 aliphatic carbocycles. The number of sulfonamides is 1. The fourth-order valence-corrected chi connectivity index (χ4v) is 3.54. The number of rotatable bonds is 4. The zero-order valence-electron chi connectivity index (χ0n) is 13.9. The highest BCUT2D eigenvalue weighted by Gasteiger charge is 2.19. The van der Waals surface area contributed by atoms with Gasteiger partial charge in [-0.15, -0.1) is 5.10 Å². The molecule has 1 N–H and O–H groups in total. The van der Waals surface area contributed by atoms with Gasteiger partial charge < -0.3 is 0 Å². The number of aryl methyl sites for hydroxylation is 3. The quantitative estimate of drug-likeness (QED) is 0.771. The van der Waals surface area contributed by atoms with Crippen molar-refractivity contribution in [1.29, 1.82) is 0 Å². The van der Waals surface area contributed by atoms with Crippen molar-refractivity contribution in [2.75, 3.05) is 4.72 Å². The highest BCUT2D eigenvalue weighted by atomic mass is 32.2. The Kier molecular flexibility index (Phi) is 4.25. The number of anilines is 1. The molecule has 2 aromatic heterocycles. The largest absolute Gasteiger partial charge is 0.263 e. The van der Waals surface area contributed by atoms with E-state index in [1.54, 1.807) is 19.1 Å². The van der Waals surface area contributed by atoms with Crippen LogP contribution < -0.4 is 4.72 Å². The maximum absolute atomic E-state index is 13.7. The van der Waals surface area contributed by atoms with Crippen LogP contribution in [0.1, 0.15) is 16.8 Å². The molecule has 0 bridgehead atoms. The first-order valence-corrected chi connectivity index (χ1v) is 8.90. The summed E-state index contributed by atoms with van der Waals surface area (Å²) in [6.07, 6.45) is 1.44. The van der Waals surface area contributed by atoms with Gasteiger partial charge >= 0.3 is 0 Å². The Labute approximate surface area is 144 Å². The maximum Gasteiger partial charge on any atom is 0.263 e. The summed E-state index contributed by atoms with van der Waals surface area (Å²) < 4.78 is 42.8. The highest BCUT2D eigenvalue weighted by Crippen LogP contribution is 2.22. The van der Waals surface area contributed by atoms with Crippen molar-refractivity contribution in [1.82, 2.24) is 20.0 Å². The van der Waals surface area contributed by atoms with E-state index in [2.05, 4.69) is 20.0 Å². The molecular weight excluding hydrogens is 345 g/mol.